The first-order valence-corrected chi connectivity index (χ1v) is 4.04. The highest BCUT2D eigenvalue weighted by atomic mass is 32.2. The molecular weight excluding hydrogens is 150 g/mol. The Bertz CT molecular complexity index is 244. The molecule has 0 aliphatic rings. The molecule has 0 aliphatic carbocycles. The van der Waals surface area contributed by atoms with Crippen LogP contribution in [0.15, 0.2) is 16.8 Å². The van der Waals surface area contributed by atoms with Gasteiger partial charge < -0.3 is 10.5 Å². The predicted molar refractivity (Wildman–Crippen MR) is 41.1 cm³/mol. The summed E-state index contributed by atoms with van der Waals surface area (Å²) in [5.41, 5.74) is 6.02. The second-order valence-corrected chi connectivity index (χ2v) is 3.33. The maximum Gasteiger partial charge on any atom is 0.554 e. The van der Waals surface area contributed by atoms with E-state index in [2.05, 4.69) is 4.74 Å². The van der Waals surface area contributed by atoms with Gasteiger partial charge in [-0.1, -0.05) is 0 Å². The number of hydrogen-bond donors (Lipinski definition) is 1. The molecule has 10 heavy (non-hydrogen) atoms. The molecule has 0 amide bonds. The summed E-state index contributed by atoms with van der Waals surface area (Å²) in [6.45, 7) is 0. The van der Waals surface area contributed by atoms with E-state index in [1.165, 1.54) is 7.11 Å². The van der Waals surface area contributed by atoms with Crippen LogP contribution in [0.25, 0.3) is 0 Å². The Kier molecular flexibility index (Phi) is 1.91. The second kappa shape index (κ2) is 2.70. The van der Waals surface area contributed by atoms with Crippen LogP contribution in [-0.2, 0) is 4.74 Å². The molecule has 1 heterocycles. The summed E-state index contributed by atoms with van der Waals surface area (Å²) >= 11 is 0. The SMILES string of the molecule is COC(=O)[s+]1ccc(N)c1. The van der Waals surface area contributed by atoms with Crippen LogP contribution in [0.2, 0.25) is 0 Å². The van der Waals surface area contributed by atoms with Crippen LogP contribution < -0.4 is 5.73 Å². The highest BCUT2D eigenvalue weighted by molar-refractivity contribution is 7.48. The van der Waals surface area contributed by atoms with Crippen molar-refractivity contribution in [3.8, 4) is 0 Å². The lowest BCUT2D eigenvalue weighted by molar-refractivity contribution is 0.199. The third kappa shape index (κ3) is 1.27. The largest absolute Gasteiger partial charge is 0.554 e. The van der Waals surface area contributed by atoms with E-state index in [1.54, 1.807) is 16.8 Å². The first kappa shape index (κ1) is 7.08. The Hall–Kier alpha value is -1.03. The van der Waals surface area contributed by atoms with Gasteiger partial charge in [-0.05, 0) is 0 Å². The fraction of sp³-hybridized carbons (Fsp3) is 0.167. The van der Waals surface area contributed by atoms with Gasteiger partial charge in [-0.25, -0.2) is 0 Å². The summed E-state index contributed by atoms with van der Waals surface area (Å²) in [5, 5.41) is 3.18. The number of ether oxygens (including phenoxy) is 1. The minimum Gasteiger partial charge on any atom is -0.425 e. The zero-order chi connectivity index (χ0) is 7.56. The molecule has 0 bridgehead atoms. The monoisotopic (exact) mass is 158 g/mol. The van der Waals surface area contributed by atoms with E-state index in [0.29, 0.717) is 5.69 Å². The van der Waals surface area contributed by atoms with Gasteiger partial charge in [0.05, 0.1) is 23.3 Å². The lowest BCUT2D eigenvalue weighted by Crippen LogP contribution is -1.88. The van der Waals surface area contributed by atoms with Crippen LogP contribution in [0, 0.1) is 0 Å². The van der Waals surface area contributed by atoms with Crippen molar-refractivity contribution in [1.82, 2.24) is 0 Å². The number of methoxy groups -OCH3 is 1. The molecule has 0 fully saturated rings. The highest BCUT2D eigenvalue weighted by Crippen LogP contribution is 2.23. The third-order valence-corrected chi connectivity index (χ3v) is 2.54. The Balaban J connectivity index is 2.85. The minimum absolute atomic E-state index is 0.239. The summed E-state index contributed by atoms with van der Waals surface area (Å²) in [6, 6.07) is 1.71. The van der Waals surface area contributed by atoms with E-state index >= 15 is 0 Å². The fourth-order valence-electron chi connectivity index (χ4n) is 0.577. The van der Waals surface area contributed by atoms with Gasteiger partial charge in [0, 0.05) is 6.07 Å². The Morgan fingerprint density at radius 3 is 2.90 bits per heavy atom. The van der Waals surface area contributed by atoms with E-state index in [0.717, 1.165) is 0 Å². The molecule has 54 valence electrons. The van der Waals surface area contributed by atoms with Gasteiger partial charge in [0.15, 0.2) is 10.8 Å². The Labute approximate surface area is 61.4 Å². The molecular formula is C6H8NO2S+. The molecule has 0 aliphatic heterocycles. The number of thiophene rings is 1. The van der Waals surface area contributed by atoms with Gasteiger partial charge in [-0.3, -0.25) is 0 Å². The number of hydrogen-bond acceptors (Lipinski definition) is 3. The molecule has 0 radical (unpaired) electrons. The highest BCUT2D eigenvalue weighted by Gasteiger charge is 2.16. The third-order valence-electron chi connectivity index (χ3n) is 1.03. The van der Waals surface area contributed by atoms with Crippen LogP contribution in [0.4, 0.5) is 10.5 Å². The second-order valence-electron chi connectivity index (χ2n) is 1.75. The van der Waals surface area contributed by atoms with Crippen molar-refractivity contribution < 1.29 is 9.53 Å². The predicted octanol–water partition coefficient (Wildman–Crippen LogP) is 1.63. The van der Waals surface area contributed by atoms with E-state index in [1.807, 2.05) is 0 Å². The molecule has 2 N–H and O–H groups in total. The molecule has 1 rings (SSSR count). The van der Waals surface area contributed by atoms with Crippen molar-refractivity contribution in [3.05, 3.63) is 16.8 Å². The number of carbonyl (C=O) groups excluding carboxylic acids is 1. The van der Waals surface area contributed by atoms with Gasteiger partial charge >= 0.3 is 5.30 Å². The van der Waals surface area contributed by atoms with E-state index in [9.17, 15) is 4.79 Å². The molecule has 0 aromatic carbocycles. The Morgan fingerprint density at radius 2 is 2.50 bits per heavy atom. The smallest absolute Gasteiger partial charge is 0.425 e. The molecule has 1 atom stereocenters. The molecule has 0 saturated heterocycles. The van der Waals surface area contributed by atoms with Crippen LogP contribution in [0.1, 0.15) is 0 Å². The molecule has 0 spiro atoms. The van der Waals surface area contributed by atoms with Crippen LogP contribution >= 0.6 is 10.5 Å². The van der Waals surface area contributed by atoms with E-state index < -0.39 is 10.5 Å². The molecule has 4 heteroatoms. The normalized spacial score (nSPS) is 11.1. The number of rotatable bonds is 1. The van der Waals surface area contributed by atoms with Gasteiger partial charge in [0.25, 0.3) is 0 Å². The van der Waals surface area contributed by atoms with Gasteiger partial charge in [-0.2, -0.15) is 4.79 Å². The van der Waals surface area contributed by atoms with Crippen molar-refractivity contribution in [2.45, 2.75) is 0 Å². The van der Waals surface area contributed by atoms with Gasteiger partial charge in [0.2, 0.25) is 0 Å². The zero-order valence-corrected chi connectivity index (χ0v) is 6.35. The van der Waals surface area contributed by atoms with E-state index in [-0.39, 0.29) is 5.30 Å². The quantitative estimate of drug-likeness (QED) is 0.499. The maximum absolute atomic E-state index is 10.8. The number of anilines is 1. The topological polar surface area (TPSA) is 52.3 Å². The van der Waals surface area contributed by atoms with Crippen LogP contribution in [-0.4, -0.2) is 12.4 Å². The standard InChI is InChI=1S/C6H8NO2S/c1-9-6(8)10-3-2-5(7)4-10/h2-4H,7H2,1H3/q+1. The Morgan fingerprint density at radius 1 is 1.80 bits per heavy atom. The molecule has 1 aromatic rings. The number of nitrogen functional groups attached to an aromatic ring is 1. The summed E-state index contributed by atoms with van der Waals surface area (Å²) in [7, 11) is 0.836. The maximum atomic E-state index is 10.8. The fourth-order valence-corrected chi connectivity index (χ4v) is 1.73. The minimum atomic E-state index is -0.531. The summed E-state index contributed by atoms with van der Waals surface area (Å²) in [4.78, 5) is 10.8. The lowest BCUT2D eigenvalue weighted by Gasteiger charge is -1.81. The van der Waals surface area contributed by atoms with E-state index in [4.69, 9.17) is 5.73 Å². The van der Waals surface area contributed by atoms with Gasteiger partial charge in [0.1, 0.15) is 0 Å². The average molecular weight is 158 g/mol. The number of carbonyl (C=O) groups is 1. The summed E-state index contributed by atoms with van der Waals surface area (Å²) in [6.07, 6.45) is 0. The molecule has 0 saturated carbocycles. The number of nitrogens with two attached hydrogens (primary N) is 1. The first-order chi connectivity index (χ1) is 4.74. The molecule has 3 nitrogen and oxygen atoms in total. The van der Waals surface area contributed by atoms with Crippen molar-refractivity contribution >= 4 is 21.5 Å². The van der Waals surface area contributed by atoms with Crippen molar-refractivity contribution in [1.29, 1.82) is 0 Å². The molecule has 1 aromatic heterocycles. The van der Waals surface area contributed by atoms with Crippen molar-refractivity contribution in [3.63, 3.8) is 0 Å². The van der Waals surface area contributed by atoms with Crippen LogP contribution in [0.3, 0.4) is 0 Å². The summed E-state index contributed by atoms with van der Waals surface area (Å²) in [5.74, 6) is 0. The molecule has 1 unspecified atom stereocenters. The van der Waals surface area contributed by atoms with Crippen LogP contribution in [0.5, 0.6) is 0 Å². The zero-order valence-electron chi connectivity index (χ0n) is 5.53. The van der Waals surface area contributed by atoms with Crippen molar-refractivity contribution in [2.24, 2.45) is 0 Å². The lowest BCUT2D eigenvalue weighted by atomic mass is 10.6. The summed E-state index contributed by atoms with van der Waals surface area (Å²) < 4.78 is 4.50. The van der Waals surface area contributed by atoms with Gasteiger partial charge in [-0.15, -0.1) is 0 Å². The first-order valence-electron chi connectivity index (χ1n) is 2.69. The average Bonchev–Trinajstić information content (AvgIpc) is 2.34. The van der Waals surface area contributed by atoms with Crippen molar-refractivity contribution in [2.75, 3.05) is 12.8 Å².